The highest BCUT2D eigenvalue weighted by atomic mass is 31.2. The van der Waals surface area contributed by atoms with Crippen LogP contribution in [0.4, 0.5) is 0 Å². The number of carbonyl (C=O) groups excluding carboxylic acids is 1. The third-order valence-corrected chi connectivity index (χ3v) is 14.7. The molecule has 82 heavy (non-hydrogen) atoms. The van der Waals surface area contributed by atoms with Crippen molar-refractivity contribution in [1.82, 2.24) is 5.32 Å². The first-order chi connectivity index (χ1) is 40.0. The van der Waals surface area contributed by atoms with E-state index in [0.717, 1.165) is 128 Å². The van der Waals surface area contributed by atoms with Gasteiger partial charge in [0.2, 0.25) is 5.91 Å². The predicted molar refractivity (Wildman–Crippen MR) is 359 cm³/mol. The number of amides is 1. The van der Waals surface area contributed by atoms with Gasteiger partial charge in [0.05, 0.1) is 39.9 Å². The molecule has 3 N–H and O–H groups in total. The second kappa shape index (κ2) is 61.7. The van der Waals surface area contributed by atoms with Crippen molar-refractivity contribution in [3.63, 3.8) is 0 Å². The summed E-state index contributed by atoms with van der Waals surface area (Å²) in [7, 11) is 1.52. The lowest BCUT2D eigenvalue weighted by molar-refractivity contribution is -0.870. The molecule has 8 nitrogen and oxygen atoms in total. The number of phosphoric ester groups is 1. The van der Waals surface area contributed by atoms with Crippen LogP contribution in [0.1, 0.15) is 245 Å². The van der Waals surface area contributed by atoms with Crippen molar-refractivity contribution < 1.29 is 32.9 Å². The number of rotatable bonds is 58. The molecule has 0 aliphatic rings. The number of likely N-dealkylation sites (N-methyl/N-ethyl adjacent to an activating group) is 1. The predicted octanol–water partition coefficient (Wildman–Crippen LogP) is 21.0. The monoisotopic (exact) mass is 1160 g/mol. The Hall–Kier alpha value is -3.88. The van der Waals surface area contributed by atoms with E-state index in [1.807, 2.05) is 27.2 Å². The summed E-state index contributed by atoms with van der Waals surface area (Å²) in [6.45, 7) is 4.66. The number of nitrogens with one attached hydrogen (secondary N) is 1. The second-order valence-corrected chi connectivity index (χ2v) is 24.2. The molecule has 1 amide bonds. The Kier molecular flexibility index (Phi) is 58.8. The molecule has 0 aliphatic heterocycles. The van der Waals surface area contributed by atoms with Gasteiger partial charge in [0, 0.05) is 6.42 Å². The van der Waals surface area contributed by atoms with Gasteiger partial charge in [-0.1, -0.05) is 281 Å². The van der Waals surface area contributed by atoms with E-state index in [-0.39, 0.29) is 19.1 Å². The highest BCUT2D eigenvalue weighted by Crippen LogP contribution is 2.43. The van der Waals surface area contributed by atoms with Gasteiger partial charge in [0.15, 0.2) is 0 Å². The fourth-order valence-electron chi connectivity index (χ4n) is 8.65. The van der Waals surface area contributed by atoms with Gasteiger partial charge in [-0.2, -0.15) is 0 Å². The number of hydrogen-bond acceptors (Lipinski definition) is 5. The first kappa shape index (κ1) is 78.1. The lowest BCUT2D eigenvalue weighted by Gasteiger charge is -2.25. The maximum atomic E-state index is 13.0. The highest BCUT2D eigenvalue weighted by molar-refractivity contribution is 7.47. The zero-order valence-electron chi connectivity index (χ0n) is 53.2. The molecule has 0 aromatic rings. The number of carbonyl (C=O) groups is 1. The molecule has 0 bridgehead atoms. The minimum Gasteiger partial charge on any atom is -0.387 e. The molecule has 0 radical (unpaired) electrons. The van der Waals surface area contributed by atoms with E-state index in [1.165, 1.54) is 96.3 Å². The van der Waals surface area contributed by atoms with Crippen molar-refractivity contribution in [2.45, 2.75) is 257 Å². The van der Waals surface area contributed by atoms with Gasteiger partial charge in [-0.3, -0.25) is 13.8 Å². The largest absolute Gasteiger partial charge is 0.472 e. The molecule has 3 unspecified atom stereocenters. The topological polar surface area (TPSA) is 105 Å². The quantitative estimate of drug-likeness (QED) is 0.0243. The maximum absolute atomic E-state index is 13.0. The van der Waals surface area contributed by atoms with Crippen LogP contribution >= 0.6 is 7.82 Å². The number of aliphatic hydroxyl groups is 1. The Morgan fingerprint density at radius 1 is 0.427 bits per heavy atom. The number of unbranched alkanes of at least 4 members (excludes halogenated alkanes) is 21. The summed E-state index contributed by atoms with van der Waals surface area (Å²) >= 11 is 0. The molecule has 0 spiro atoms. The van der Waals surface area contributed by atoms with E-state index < -0.39 is 20.0 Å². The summed E-state index contributed by atoms with van der Waals surface area (Å²) in [6, 6.07) is -0.887. The Bertz CT molecular complexity index is 1890. The van der Waals surface area contributed by atoms with Crippen LogP contribution in [0.2, 0.25) is 0 Å². The molecular weight excluding hydrogens is 1030 g/mol. The SMILES string of the molecule is CC/C=C\C/C=C\C/C=C\C/C=C\C/C=C\C/C=C\C/C=C\C/C=C\C/C=C\C/C=C\C/C=C\CCCCCCCC(=O)NC(COP(=O)(O)OCC[N+](C)(C)C)C(O)/C=C/CC/C=C/CCCCCCCCCCCCCCCCC. The summed E-state index contributed by atoms with van der Waals surface area (Å²) in [5, 5.41) is 13.9. The Morgan fingerprint density at radius 3 is 1.12 bits per heavy atom. The lowest BCUT2D eigenvalue weighted by Crippen LogP contribution is -2.45. The zero-order chi connectivity index (χ0) is 59.8. The number of quaternary nitrogens is 1. The molecule has 0 fully saturated rings. The van der Waals surface area contributed by atoms with E-state index in [4.69, 9.17) is 9.05 Å². The van der Waals surface area contributed by atoms with Crippen LogP contribution in [-0.4, -0.2) is 73.4 Å². The molecule has 0 saturated carbocycles. The molecular formula is C73H124N2O6P+. The van der Waals surface area contributed by atoms with E-state index >= 15 is 0 Å². The van der Waals surface area contributed by atoms with Crippen molar-refractivity contribution in [2.24, 2.45) is 0 Å². The van der Waals surface area contributed by atoms with Gasteiger partial charge in [-0.25, -0.2) is 4.57 Å². The normalized spacial score (nSPS) is 14.8. The smallest absolute Gasteiger partial charge is 0.387 e. The van der Waals surface area contributed by atoms with Crippen LogP contribution in [0.25, 0.3) is 0 Å². The third kappa shape index (κ3) is 63.7. The van der Waals surface area contributed by atoms with Crippen molar-refractivity contribution >= 4 is 13.7 Å². The van der Waals surface area contributed by atoms with Crippen LogP contribution < -0.4 is 5.32 Å². The number of nitrogens with zero attached hydrogens (tertiary/aromatic N) is 1. The zero-order valence-corrected chi connectivity index (χ0v) is 54.1. The number of aliphatic hydroxyl groups excluding tert-OH is 1. The van der Waals surface area contributed by atoms with Gasteiger partial charge < -0.3 is 19.8 Å². The third-order valence-electron chi connectivity index (χ3n) is 13.7. The average Bonchev–Trinajstić information content (AvgIpc) is 3.46. The summed E-state index contributed by atoms with van der Waals surface area (Å²) in [5.41, 5.74) is 0. The molecule has 0 aromatic heterocycles. The van der Waals surface area contributed by atoms with Gasteiger partial charge in [0.25, 0.3) is 0 Å². The van der Waals surface area contributed by atoms with E-state index in [2.05, 4.69) is 165 Å². The lowest BCUT2D eigenvalue weighted by atomic mass is 10.0. The molecule has 0 rings (SSSR count). The van der Waals surface area contributed by atoms with Crippen LogP contribution in [0.15, 0.2) is 158 Å². The molecule has 466 valence electrons. The van der Waals surface area contributed by atoms with Crippen molar-refractivity contribution in [1.29, 1.82) is 0 Å². The first-order valence-electron chi connectivity index (χ1n) is 32.9. The maximum Gasteiger partial charge on any atom is 0.472 e. The Balaban J connectivity index is 4.25. The molecule has 0 saturated heterocycles. The number of hydrogen-bond donors (Lipinski definition) is 3. The van der Waals surface area contributed by atoms with E-state index in [9.17, 15) is 19.4 Å². The molecule has 3 atom stereocenters. The van der Waals surface area contributed by atoms with E-state index in [1.54, 1.807) is 6.08 Å². The van der Waals surface area contributed by atoms with Crippen LogP contribution in [0.5, 0.6) is 0 Å². The Labute approximate surface area is 505 Å². The van der Waals surface area contributed by atoms with Crippen molar-refractivity contribution in [3.05, 3.63) is 158 Å². The fraction of sp³-hybridized carbons (Fsp3) is 0.630. The van der Waals surface area contributed by atoms with Gasteiger partial charge in [-0.15, -0.1) is 0 Å². The molecule has 0 aromatic carbocycles. The fourth-order valence-corrected chi connectivity index (χ4v) is 9.39. The summed E-state index contributed by atoms with van der Waals surface area (Å²) < 4.78 is 23.7. The first-order valence-corrected chi connectivity index (χ1v) is 34.4. The average molecular weight is 1160 g/mol. The highest BCUT2D eigenvalue weighted by Gasteiger charge is 2.27. The van der Waals surface area contributed by atoms with Gasteiger partial charge in [-0.05, 0) is 116 Å². The van der Waals surface area contributed by atoms with Crippen molar-refractivity contribution in [3.8, 4) is 0 Å². The van der Waals surface area contributed by atoms with Crippen LogP contribution in [0, 0.1) is 0 Å². The van der Waals surface area contributed by atoms with Gasteiger partial charge in [0.1, 0.15) is 13.2 Å². The molecule has 9 heteroatoms. The van der Waals surface area contributed by atoms with Gasteiger partial charge >= 0.3 is 7.82 Å². The standard InChI is InChI=1S/C73H123N2O6P/c1-6-8-10-12-14-16-18-20-22-24-26-28-29-30-31-32-33-34-35-36-37-38-39-40-41-42-43-44-45-47-49-51-53-55-57-59-61-63-65-67-73(77)74-71(70-81-82(78,79)80-69-68-75(3,4)5)72(76)66-64-62-60-58-56-54-52-50-48-46-27-25-23-21-19-17-15-13-11-9-7-2/h8,10,14,16,20,22,26,28,30-31,33-34,36-37,39-40,42-43,45,47,51,53,56,58,64,66,71-72,76H,6-7,9,11-13,15,17-19,21,23-25,27,29,32,35,38,41,44,46,48-50,52,54-55,57,59-63,65,67-70H2,1-5H3,(H-,74,77,78,79)/p+1/b10-8-,16-14-,22-20-,28-26-,31-30-,34-33-,37-36-,40-39-,43-42-,47-45-,53-51-,58-56+,66-64+. The molecule has 0 heterocycles. The summed E-state index contributed by atoms with van der Waals surface area (Å²) in [5.74, 6) is -0.211. The number of phosphoric acid groups is 1. The Morgan fingerprint density at radius 2 is 0.744 bits per heavy atom. The van der Waals surface area contributed by atoms with E-state index in [0.29, 0.717) is 17.4 Å². The van der Waals surface area contributed by atoms with Crippen molar-refractivity contribution in [2.75, 3.05) is 40.9 Å². The summed E-state index contributed by atoms with van der Waals surface area (Å²) in [6.07, 6.45) is 96.5. The second-order valence-electron chi connectivity index (χ2n) is 22.7. The summed E-state index contributed by atoms with van der Waals surface area (Å²) in [4.78, 5) is 23.4. The molecule has 0 aliphatic carbocycles. The van der Waals surface area contributed by atoms with Crippen LogP contribution in [-0.2, 0) is 18.4 Å². The minimum absolute atomic E-state index is 0.0438. The minimum atomic E-state index is -4.38. The van der Waals surface area contributed by atoms with Crippen LogP contribution in [0.3, 0.4) is 0 Å². The number of allylic oxidation sites excluding steroid dienone is 25.